The van der Waals surface area contributed by atoms with Crippen LogP contribution in [0, 0.1) is 11.6 Å². The van der Waals surface area contributed by atoms with Crippen molar-refractivity contribution in [3.63, 3.8) is 0 Å². The van der Waals surface area contributed by atoms with E-state index in [1.54, 1.807) is 0 Å². The standard InChI is InChI=1S/C13H18F2N2.ClH/c1-9-6-17(7-10(2)16-9)8-11-3-12(14)5-13(15)4-11;/h3-5,9-10,16H,6-8H2,1-2H3;1H. The molecule has 1 aromatic carbocycles. The van der Waals surface area contributed by atoms with E-state index in [0.717, 1.165) is 19.2 Å². The molecule has 0 amide bonds. The van der Waals surface area contributed by atoms with Gasteiger partial charge in [-0.15, -0.1) is 12.4 Å². The fourth-order valence-electron chi connectivity index (χ4n) is 2.53. The van der Waals surface area contributed by atoms with Crippen LogP contribution >= 0.6 is 12.4 Å². The van der Waals surface area contributed by atoms with Crippen molar-refractivity contribution in [1.29, 1.82) is 0 Å². The Labute approximate surface area is 113 Å². The fourth-order valence-corrected chi connectivity index (χ4v) is 2.53. The predicted molar refractivity (Wildman–Crippen MR) is 70.9 cm³/mol. The number of piperazine rings is 1. The molecule has 2 nitrogen and oxygen atoms in total. The van der Waals surface area contributed by atoms with Gasteiger partial charge in [-0.2, -0.15) is 0 Å². The Morgan fingerprint density at radius 1 is 1.11 bits per heavy atom. The number of nitrogens with one attached hydrogen (secondary N) is 1. The Morgan fingerprint density at radius 3 is 2.11 bits per heavy atom. The van der Waals surface area contributed by atoms with E-state index in [2.05, 4.69) is 24.1 Å². The van der Waals surface area contributed by atoms with Crippen LogP contribution in [0.25, 0.3) is 0 Å². The van der Waals surface area contributed by atoms with Crippen molar-refractivity contribution in [3.8, 4) is 0 Å². The zero-order valence-electron chi connectivity index (χ0n) is 10.6. The first kappa shape index (κ1) is 15.3. The Kier molecular flexibility index (Phi) is 5.50. The summed E-state index contributed by atoms with van der Waals surface area (Å²) < 4.78 is 26.1. The molecule has 1 heterocycles. The summed E-state index contributed by atoms with van der Waals surface area (Å²) in [6.45, 7) is 6.65. The third-order valence-electron chi connectivity index (χ3n) is 2.96. The molecule has 1 aliphatic heterocycles. The zero-order chi connectivity index (χ0) is 12.4. The van der Waals surface area contributed by atoms with E-state index in [-0.39, 0.29) is 12.4 Å². The highest BCUT2D eigenvalue weighted by Gasteiger charge is 2.20. The molecule has 2 unspecified atom stereocenters. The third-order valence-corrected chi connectivity index (χ3v) is 2.96. The average molecular weight is 277 g/mol. The molecular weight excluding hydrogens is 258 g/mol. The van der Waals surface area contributed by atoms with Gasteiger partial charge in [0.1, 0.15) is 11.6 Å². The van der Waals surface area contributed by atoms with Gasteiger partial charge < -0.3 is 5.32 Å². The van der Waals surface area contributed by atoms with Crippen molar-refractivity contribution in [1.82, 2.24) is 10.2 Å². The van der Waals surface area contributed by atoms with Crippen LogP contribution in [-0.2, 0) is 6.54 Å². The molecule has 102 valence electrons. The number of hydrogen-bond donors (Lipinski definition) is 1. The quantitative estimate of drug-likeness (QED) is 0.893. The molecule has 2 rings (SSSR count). The molecule has 1 aliphatic rings. The lowest BCUT2D eigenvalue weighted by atomic mass is 10.1. The fraction of sp³-hybridized carbons (Fsp3) is 0.538. The maximum absolute atomic E-state index is 13.1. The molecule has 1 aromatic rings. The summed E-state index contributed by atoms with van der Waals surface area (Å²) in [5.41, 5.74) is 0.698. The van der Waals surface area contributed by atoms with Gasteiger partial charge in [0.2, 0.25) is 0 Å². The first-order valence-corrected chi connectivity index (χ1v) is 5.96. The smallest absolute Gasteiger partial charge is 0.126 e. The molecular formula is C13H19ClF2N2. The Bertz CT molecular complexity index is 370. The van der Waals surface area contributed by atoms with E-state index < -0.39 is 11.6 Å². The van der Waals surface area contributed by atoms with E-state index in [0.29, 0.717) is 24.2 Å². The van der Waals surface area contributed by atoms with E-state index in [1.807, 2.05) is 0 Å². The second kappa shape index (κ2) is 6.45. The topological polar surface area (TPSA) is 15.3 Å². The van der Waals surface area contributed by atoms with Crippen LogP contribution in [0.15, 0.2) is 18.2 Å². The van der Waals surface area contributed by atoms with Crippen LogP contribution in [-0.4, -0.2) is 30.1 Å². The highest BCUT2D eigenvalue weighted by molar-refractivity contribution is 5.85. The Balaban J connectivity index is 0.00000162. The minimum Gasteiger partial charge on any atom is -0.309 e. The SMILES string of the molecule is CC1CN(Cc2cc(F)cc(F)c2)CC(C)N1.Cl. The lowest BCUT2D eigenvalue weighted by Gasteiger charge is -2.36. The number of benzene rings is 1. The summed E-state index contributed by atoms with van der Waals surface area (Å²) >= 11 is 0. The number of halogens is 3. The molecule has 0 spiro atoms. The number of hydrogen-bond acceptors (Lipinski definition) is 2. The van der Waals surface area contributed by atoms with Gasteiger partial charge in [-0.1, -0.05) is 0 Å². The molecule has 1 N–H and O–H groups in total. The summed E-state index contributed by atoms with van der Waals surface area (Å²) in [5.74, 6) is -1.01. The first-order chi connectivity index (χ1) is 8.02. The molecule has 0 saturated carbocycles. The van der Waals surface area contributed by atoms with Crippen LogP contribution in [0.4, 0.5) is 8.78 Å². The zero-order valence-corrected chi connectivity index (χ0v) is 11.4. The predicted octanol–water partition coefficient (Wildman–Crippen LogP) is 2.57. The maximum Gasteiger partial charge on any atom is 0.126 e. The molecule has 1 saturated heterocycles. The van der Waals surface area contributed by atoms with E-state index in [4.69, 9.17) is 0 Å². The van der Waals surface area contributed by atoms with Gasteiger partial charge in [0.15, 0.2) is 0 Å². The van der Waals surface area contributed by atoms with Crippen molar-refractivity contribution in [2.75, 3.05) is 13.1 Å². The van der Waals surface area contributed by atoms with E-state index in [9.17, 15) is 8.78 Å². The van der Waals surface area contributed by atoms with Crippen molar-refractivity contribution >= 4 is 12.4 Å². The van der Waals surface area contributed by atoms with Crippen molar-refractivity contribution in [3.05, 3.63) is 35.4 Å². The van der Waals surface area contributed by atoms with Crippen molar-refractivity contribution in [2.45, 2.75) is 32.5 Å². The van der Waals surface area contributed by atoms with Gasteiger partial charge in [0.05, 0.1) is 0 Å². The normalized spacial score (nSPS) is 24.7. The Hall–Kier alpha value is -0.710. The molecule has 1 fully saturated rings. The molecule has 2 atom stereocenters. The second-order valence-electron chi connectivity index (χ2n) is 4.94. The van der Waals surface area contributed by atoms with Gasteiger partial charge in [-0.05, 0) is 31.5 Å². The molecule has 0 radical (unpaired) electrons. The van der Waals surface area contributed by atoms with Crippen LogP contribution in [0.1, 0.15) is 19.4 Å². The molecule has 0 aliphatic carbocycles. The van der Waals surface area contributed by atoms with Crippen LogP contribution in [0.3, 0.4) is 0 Å². The lowest BCUT2D eigenvalue weighted by molar-refractivity contribution is 0.166. The van der Waals surface area contributed by atoms with Crippen molar-refractivity contribution < 1.29 is 8.78 Å². The Morgan fingerprint density at radius 2 is 1.61 bits per heavy atom. The summed E-state index contributed by atoms with van der Waals surface area (Å²) in [5, 5.41) is 3.43. The monoisotopic (exact) mass is 276 g/mol. The molecule has 0 aromatic heterocycles. The molecule has 0 bridgehead atoms. The van der Waals surface area contributed by atoms with Gasteiger partial charge in [0, 0.05) is 37.8 Å². The summed E-state index contributed by atoms with van der Waals surface area (Å²) in [7, 11) is 0. The average Bonchev–Trinajstić information content (AvgIpc) is 2.13. The largest absolute Gasteiger partial charge is 0.309 e. The van der Waals surface area contributed by atoms with Gasteiger partial charge in [0.25, 0.3) is 0 Å². The summed E-state index contributed by atoms with van der Waals surface area (Å²) in [6.07, 6.45) is 0. The van der Waals surface area contributed by atoms with Crippen LogP contribution in [0.5, 0.6) is 0 Å². The number of rotatable bonds is 2. The highest BCUT2D eigenvalue weighted by Crippen LogP contribution is 2.13. The van der Waals surface area contributed by atoms with Crippen LogP contribution in [0.2, 0.25) is 0 Å². The second-order valence-corrected chi connectivity index (χ2v) is 4.94. The van der Waals surface area contributed by atoms with Gasteiger partial charge in [-0.25, -0.2) is 8.78 Å². The first-order valence-electron chi connectivity index (χ1n) is 5.96. The van der Waals surface area contributed by atoms with Gasteiger partial charge >= 0.3 is 0 Å². The third kappa shape index (κ3) is 4.19. The maximum atomic E-state index is 13.1. The van der Waals surface area contributed by atoms with Crippen LogP contribution < -0.4 is 5.32 Å². The van der Waals surface area contributed by atoms with E-state index in [1.165, 1.54) is 12.1 Å². The molecule has 5 heteroatoms. The minimum atomic E-state index is -0.503. The minimum absolute atomic E-state index is 0. The van der Waals surface area contributed by atoms with Gasteiger partial charge in [-0.3, -0.25) is 4.90 Å². The van der Waals surface area contributed by atoms with Crippen molar-refractivity contribution in [2.24, 2.45) is 0 Å². The number of nitrogens with zero attached hydrogens (tertiary/aromatic N) is 1. The van der Waals surface area contributed by atoms with E-state index >= 15 is 0 Å². The highest BCUT2D eigenvalue weighted by atomic mass is 35.5. The molecule has 18 heavy (non-hydrogen) atoms. The lowest BCUT2D eigenvalue weighted by Crippen LogP contribution is -2.53. The summed E-state index contributed by atoms with van der Waals surface area (Å²) in [4.78, 5) is 2.22. The summed E-state index contributed by atoms with van der Waals surface area (Å²) in [6, 6.07) is 4.54.